The number of esters is 1. The second-order valence-corrected chi connectivity index (χ2v) is 23.5. The van der Waals surface area contributed by atoms with E-state index in [-0.39, 0.29) is 19.4 Å². The molecule has 0 bridgehead atoms. The molecule has 6 N–H and O–H groups in total. The van der Waals surface area contributed by atoms with E-state index in [0.717, 1.165) is 141 Å². The first-order valence-corrected chi connectivity index (χ1v) is 34.8. The van der Waals surface area contributed by atoms with Crippen molar-refractivity contribution in [1.82, 2.24) is 5.32 Å². The lowest BCUT2D eigenvalue weighted by Crippen LogP contribution is -2.61. The van der Waals surface area contributed by atoms with Gasteiger partial charge < -0.3 is 45.1 Å². The number of nitrogens with one attached hydrogen (secondary N) is 1. The summed E-state index contributed by atoms with van der Waals surface area (Å²) < 4.78 is 17.7. The van der Waals surface area contributed by atoms with Crippen molar-refractivity contribution >= 4 is 11.9 Å². The molecule has 1 aliphatic heterocycles. The number of rotatable bonds is 58. The van der Waals surface area contributed by atoms with Gasteiger partial charge in [0, 0.05) is 6.42 Å². The number of aliphatic hydroxyl groups is 5. The Morgan fingerprint density at radius 1 is 0.465 bits per heavy atom. The minimum absolute atomic E-state index is 0.107. The Balaban J connectivity index is 2.63. The van der Waals surface area contributed by atoms with Crippen LogP contribution in [0.2, 0.25) is 0 Å². The summed E-state index contributed by atoms with van der Waals surface area (Å²) in [7, 11) is 0. The van der Waals surface area contributed by atoms with Crippen LogP contribution in [0.5, 0.6) is 0 Å². The molecule has 0 radical (unpaired) electrons. The highest BCUT2D eigenvalue weighted by atomic mass is 16.7. The maximum atomic E-state index is 13.5. The van der Waals surface area contributed by atoms with E-state index in [0.29, 0.717) is 12.8 Å². The molecule has 0 aromatic heterocycles. The first kappa shape index (κ1) is 80.1. The number of carbonyl (C=O) groups excluding carboxylic acids is 2. The summed E-state index contributed by atoms with van der Waals surface area (Å²) in [6.07, 6.45) is 75.1. The zero-order valence-electron chi connectivity index (χ0n) is 54.6. The molecule has 0 saturated carbocycles. The highest BCUT2D eigenvalue weighted by Crippen LogP contribution is 2.26. The molecule has 1 heterocycles. The lowest BCUT2D eigenvalue weighted by Gasteiger charge is -2.41. The molecular formula is C75H127NO10. The van der Waals surface area contributed by atoms with Crippen molar-refractivity contribution in [2.75, 3.05) is 13.2 Å². The Labute approximate surface area is 525 Å². The van der Waals surface area contributed by atoms with Crippen LogP contribution in [-0.4, -0.2) is 99.6 Å². The molecular weight excluding hydrogens is 1070 g/mol. The van der Waals surface area contributed by atoms with Gasteiger partial charge in [-0.15, -0.1) is 0 Å². The van der Waals surface area contributed by atoms with E-state index in [4.69, 9.17) is 14.2 Å². The van der Waals surface area contributed by atoms with Crippen LogP contribution >= 0.6 is 0 Å². The molecule has 1 saturated heterocycles. The van der Waals surface area contributed by atoms with Crippen LogP contribution in [0.25, 0.3) is 0 Å². The minimum Gasteiger partial charge on any atom is -0.454 e. The Kier molecular flexibility index (Phi) is 57.1. The van der Waals surface area contributed by atoms with E-state index in [2.05, 4.69) is 135 Å². The molecule has 0 aliphatic carbocycles. The van der Waals surface area contributed by atoms with Gasteiger partial charge in [-0.2, -0.15) is 0 Å². The number of amides is 1. The van der Waals surface area contributed by atoms with Gasteiger partial charge in [0.15, 0.2) is 12.4 Å². The number of ether oxygens (including phenoxy) is 3. The van der Waals surface area contributed by atoms with Crippen molar-refractivity contribution in [3.63, 3.8) is 0 Å². The summed E-state index contributed by atoms with van der Waals surface area (Å²) in [5, 5.41) is 57.2. The monoisotopic (exact) mass is 1200 g/mol. The van der Waals surface area contributed by atoms with Gasteiger partial charge in [0.1, 0.15) is 24.4 Å². The number of hydrogen-bond donors (Lipinski definition) is 6. The third-order valence-electron chi connectivity index (χ3n) is 15.6. The van der Waals surface area contributed by atoms with Gasteiger partial charge in [0.25, 0.3) is 0 Å². The predicted octanol–water partition coefficient (Wildman–Crippen LogP) is 17.8. The number of aliphatic hydroxyl groups excluding tert-OH is 5. The van der Waals surface area contributed by atoms with Crippen LogP contribution < -0.4 is 5.32 Å². The zero-order valence-corrected chi connectivity index (χ0v) is 54.6. The number of carbonyl (C=O) groups is 2. The molecule has 8 unspecified atom stereocenters. The third kappa shape index (κ3) is 48.0. The molecule has 1 aliphatic rings. The van der Waals surface area contributed by atoms with Crippen molar-refractivity contribution < 1.29 is 49.3 Å². The summed E-state index contributed by atoms with van der Waals surface area (Å²) in [5.74, 6) is -1.22. The average molecular weight is 1200 g/mol. The summed E-state index contributed by atoms with van der Waals surface area (Å²) in [6, 6.07) is -1.04. The summed E-state index contributed by atoms with van der Waals surface area (Å²) in [4.78, 5) is 26.7. The summed E-state index contributed by atoms with van der Waals surface area (Å²) in [6.45, 7) is 5.64. The Morgan fingerprint density at radius 2 is 0.837 bits per heavy atom. The minimum atomic E-state index is -1.63. The van der Waals surface area contributed by atoms with Crippen molar-refractivity contribution in [3.8, 4) is 0 Å². The maximum absolute atomic E-state index is 13.5. The van der Waals surface area contributed by atoms with E-state index in [9.17, 15) is 35.1 Å². The molecule has 1 rings (SSSR count). The van der Waals surface area contributed by atoms with Crippen LogP contribution in [-0.2, 0) is 23.8 Å². The van der Waals surface area contributed by atoms with Gasteiger partial charge in [-0.05, 0) is 116 Å². The fraction of sp³-hybridized carbons (Fsp3) is 0.707. The largest absolute Gasteiger partial charge is 0.454 e. The quantitative estimate of drug-likeness (QED) is 0.0195. The van der Waals surface area contributed by atoms with E-state index >= 15 is 0 Å². The molecule has 1 amide bonds. The Hall–Kier alpha value is -3.94. The molecule has 11 nitrogen and oxygen atoms in total. The smallest absolute Gasteiger partial charge is 0.306 e. The van der Waals surface area contributed by atoms with Gasteiger partial charge in [0.2, 0.25) is 5.91 Å². The lowest BCUT2D eigenvalue weighted by molar-refractivity contribution is -0.305. The van der Waals surface area contributed by atoms with Gasteiger partial charge in [0.05, 0.1) is 25.4 Å². The van der Waals surface area contributed by atoms with E-state index < -0.39 is 67.4 Å². The van der Waals surface area contributed by atoms with Gasteiger partial charge in [-0.1, -0.05) is 277 Å². The summed E-state index contributed by atoms with van der Waals surface area (Å²) >= 11 is 0. The average Bonchev–Trinajstić information content (AvgIpc) is 3.68. The topological polar surface area (TPSA) is 175 Å². The first-order chi connectivity index (χ1) is 42.2. The fourth-order valence-electron chi connectivity index (χ4n) is 10.1. The fourth-order valence-corrected chi connectivity index (χ4v) is 10.1. The highest BCUT2D eigenvalue weighted by molar-refractivity contribution is 5.80. The maximum Gasteiger partial charge on any atom is 0.306 e. The summed E-state index contributed by atoms with van der Waals surface area (Å²) in [5.41, 5.74) is 0. The normalized spacial score (nSPS) is 19.1. The molecule has 1 fully saturated rings. The number of allylic oxidation sites excluding steroid dienone is 19. The standard InChI is InChI=1S/C75H127NO10/c1-4-7-10-13-16-19-22-25-27-29-31-33-34-35-37-38-40-42-44-47-50-53-56-59-62-68(79)74(83)76-66(67(78)61-58-55-52-49-46-24-21-18-15-12-9-6-3)65-84-75-73(72(82)71(81)69(64-77)85-75)86-70(80)63-60-57-54-51-48-45-43-41-39-36-32-30-28-26-23-20-17-14-11-8-5-2/h7,10,16-17,19-20,25-28,31-33,35-37,40,42,58,61,66-69,71-73,75,77-79,81-82H,4-6,8-9,11-15,18,21-24,29-30,34,38-39,41,43-57,59-60,62-65H2,1-3H3,(H,76,83)/b10-7-,19-16-,20-17-,27-25-,28-26-,33-31-,36-32-,37-35-,42-40-,61-58+. The first-order valence-electron chi connectivity index (χ1n) is 34.8. The van der Waals surface area contributed by atoms with Crippen LogP contribution in [0.3, 0.4) is 0 Å². The van der Waals surface area contributed by atoms with Gasteiger partial charge in [-0.3, -0.25) is 9.59 Å². The highest BCUT2D eigenvalue weighted by Gasteiger charge is 2.47. The molecule has 492 valence electrons. The van der Waals surface area contributed by atoms with Gasteiger partial charge in [-0.25, -0.2) is 0 Å². The molecule has 86 heavy (non-hydrogen) atoms. The Bertz CT molecular complexity index is 1860. The van der Waals surface area contributed by atoms with Crippen LogP contribution in [0.4, 0.5) is 0 Å². The van der Waals surface area contributed by atoms with Crippen molar-refractivity contribution in [3.05, 3.63) is 122 Å². The van der Waals surface area contributed by atoms with Crippen LogP contribution in [0.1, 0.15) is 278 Å². The second-order valence-electron chi connectivity index (χ2n) is 23.5. The molecule has 8 atom stereocenters. The molecule has 0 aromatic carbocycles. The predicted molar refractivity (Wildman–Crippen MR) is 361 cm³/mol. The molecule has 0 spiro atoms. The number of unbranched alkanes of at least 4 members (excludes halogenated alkanes) is 26. The van der Waals surface area contributed by atoms with Crippen molar-refractivity contribution in [1.29, 1.82) is 0 Å². The van der Waals surface area contributed by atoms with E-state index in [1.807, 2.05) is 6.08 Å². The number of hydrogen-bond acceptors (Lipinski definition) is 10. The second kappa shape index (κ2) is 61.3. The van der Waals surface area contributed by atoms with Gasteiger partial charge >= 0.3 is 5.97 Å². The SMILES string of the molecule is CC/C=C\C/C=C\C/C=C\C/C=C\C/C=C\C/C=C\CCCCCCCC(O)C(=O)NC(COC1OC(CO)C(O)C(O)C1OC(=O)CCCCCCCCCC/C=C\C/C=C\C/C=C\CCCCC)C(O)/C=C/CCCCCCCCCCCC. The van der Waals surface area contributed by atoms with Crippen molar-refractivity contribution in [2.45, 2.75) is 327 Å². The Morgan fingerprint density at radius 3 is 1.28 bits per heavy atom. The molecule has 11 heteroatoms. The van der Waals surface area contributed by atoms with Crippen LogP contribution in [0.15, 0.2) is 122 Å². The molecule has 0 aromatic rings. The van der Waals surface area contributed by atoms with E-state index in [1.54, 1.807) is 6.08 Å². The third-order valence-corrected chi connectivity index (χ3v) is 15.6. The lowest BCUT2D eigenvalue weighted by atomic mass is 9.99. The zero-order chi connectivity index (χ0) is 62.4. The van der Waals surface area contributed by atoms with Crippen LogP contribution in [0, 0.1) is 0 Å². The van der Waals surface area contributed by atoms with Crippen molar-refractivity contribution in [2.24, 2.45) is 0 Å². The van der Waals surface area contributed by atoms with E-state index in [1.165, 1.54) is 89.9 Å².